The van der Waals surface area contributed by atoms with E-state index >= 15 is 0 Å². The number of rotatable bonds is 6. The van der Waals surface area contributed by atoms with Crippen molar-refractivity contribution in [3.05, 3.63) is 47.5 Å². The van der Waals surface area contributed by atoms with E-state index in [-0.39, 0.29) is 17.6 Å². The molecule has 0 saturated carbocycles. The molecule has 1 aromatic carbocycles. The number of aromatic amines is 1. The maximum Gasteiger partial charge on any atom is 0.222 e. The molecule has 0 bridgehead atoms. The first-order valence-electron chi connectivity index (χ1n) is 8.71. The molecule has 1 N–H and O–H groups in total. The number of aromatic nitrogens is 2. The number of likely N-dealkylation sites (tertiary alicyclic amines) is 1. The van der Waals surface area contributed by atoms with Gasteiger partial charge in [0, 0.05) is 31.5 Å². The van der Waals surface area contributed by atoms with Crippen LogP contribution in [0.2, 0.25) is 0 Å². The van der Waals surface area contributed by atoms with Crippen LogP contribution in [-0.2, 0) is 11.4 Å². The summed E-state index contributed by atoms with van der Waals surface area (Å²) in [6.07, 6.45) is 1.53. The molecule has 1 aliphatic heterocycles. The van der Waals surface area contributed by atoms with E-state index in [0.29, 0.717) is 24.7 Å². The Morgan fingerprint density at radius 3 is 3.04 bits per heavy atom. The van der Waals surface area contributed by atoms with Crippen molar-refractivity contribution in [1.82, 2.24) is 15.1 Å². The van der Waals surface area contributed by atoms with E-state index in [2.05, 4.69) is 24.0 Å². The van der Waals surface area contributed by atoms with Gasteiger partial charge in [-0.15, -0.1) is 0 Å². The maximum atomic E-state index is 13.2. The third-order valence-corrected chi connectivity index (χ3v) is 4.38. The number of nitrogens with zero attached hydrogens (tertiary/aromatic N) is 2. The van der Waals surface area contributed by atoms with Gasteiger partial charge in [0.15, 0.2) is 0 Å². The molecule has 1 aromatic heterocycles. The topological polar surface area (TPSA) is 58.2 Å². The number of hydrogen-bond acceptors (Lipinski definition) is 3. The smallest absolute Gasteiger partial charge is 0.222 e. The van der Waals surface area contributed by atoms with Crippen LogP contribution < -0.4 is 4.74 Å². The molecule has 2 aromatic rings. The Labute approximate surface area is 147 Å². The Morgan fingerprint density at radius 2 is 2.28 bits per heavy atom. The molecule has 1 atom stereocenters. The Kier molecular flexibility index (Phi) is 5.36. The van der Waals surface area contributed by atoms with Gasteiger partial charge < -0.3 is 9.64 Å². The Bertz CT molecular complexity index is 729. The molecule has 0 spiro atoms. The zero-order chi connectivity index (χ0) is 17.8. The SMILES string of the molecule is CC(C)CC(=O)N1CC[C@H](c2cc(COc3cccc(F)c3)[nH]n2)C1. The minimum atomic E-state index is -0.320. The number of nitrogens with one attached hydrogen (secondary N) is 1. The highest BCUT2D eigenvalue weighted by molar-refractivity contribution is 5.76. The van der Waals surface area contributed by atoms with Crippen LogP contribution in [0.5, 0.6) is 5.75 Å². The van der Waals surface area contributed by atoms with Crippen LogP contribution in [-0.4, -0.2) is 34.1 Å². The van der Waals surface area contributed by atoms with Gasteiger partial charge in [0.1, 0.15) is 18.2 Å². The van der Waals surface area contributed by atoms with Crippen LogP contribution in [0.15, 0.2) is 30.3 Å². The van der Waals surface area contributed by atoms with Gasteiger partial charge in [-0.25, -0.2) is 4.39 Å². The first-order chi connectivity index (χ1) is 12.0. The molecule has 0 aliphatic carbocycles. The fourth-order valence-electron chi connectivity index (χ4n) is 3.09. The zero-order valence-electron chi connectivity index (χ0n) is 14.7. The number of carbonyl (C=O) groups excluding carboxylic acids is 1. The predicted molar refractivity (Wildman–Crippen MR) is 92.7 cm³/mol. The van der Waals surface area contributed by atoms with Gasteiger partial charge in [-0.2, -0.15) is 5.10 Å². The third-order valence-electron chi connectivity index (χ3n) is 4.38. The number of amides is 1. The summed E-state index contributed by atoms with van der Waals surface area (Å²) in [7, 11) is 0. The second kappa shape index (κ2) is 7.68. The fourth-order valence-corrected chi connectivity index (χ4v) is 3.09. The Hall–Kier alpha value is -2.37. The molecule has 3 rings (SSSR count). The van der Waals surface area contributed by atoms with E-state index < -0.39 is 0 Å². The Balaban J connectivity index is 1.54. The van der Waals surface area contributed by atoms with E-state index in [1.807, 2.05) is 11.0 Å². The molecule has 1 fully saturated rings. The van der Waals surface area contributed by atoms with Crippen LogP contribution in [0.1, 0.15) is 44.0 Å². The van der Waals surface area contributed by atoms with E-state index in [4.69, 9.17) is 4.74 Å². The third kappa shape index (κ3) is 4.59. The minimum Gasteiger partial charge on any atom is -0.487 e. The van der Waals surface area contributed by atoms with Gasteiger partial charge in [-0.3, -0.25) is 9.89 Å². The highest BCUT2D eigenvalue weighted by atomic mass is 19.1. The molecule has 2 heterocycles. The summed E-state index contributed by atoms with van der Waals surface area (Å²) in [5, 5.41) is 7.34. The molecule has 1 amide bonds. The molecule has 25 heavy (non-hydrogen) atoms. The lowest BCUT2D eigenvalue weighted by molar-refractivity contribution is -0.130. The lowest BCUT2D eigenvalue weighted by atomic mass is 10.1. The second-order valence-electron chi connectivity index (χ2n) is 6.99. The van der Waals surface area contributed by atoms with Gasteiger partial charge in [0.2, 0.25) is 5.91 Å². The van der Waals surface area contributed by atoms with E-state index in [1.54, 1.807) is 12.1 Å². The number of benzene rings is 1. The van der Waals surface area contributed by atoms with Gasteiger partial charge in [0.05, 0.1) is 11.4 Å². The molecule has 1 aliphatic rings. The van der Waals surface area contributed by atoms with Crippen molar-refractivity contribution in [1.29, 1.82) is 0 Å². The van der Waals surface area contributed by atoms with E-state index in [1.165, 1.54) is 12.1 Å². The van der Waals surface area contributed by atoms with Crippen LogP contribution >= 0.6 is 0 Å². The van der Waals surface area contributed by atoms with Gasteiger partial charge in [-0.1, -0.05) is 19.9 Å². The van der Waals surface area contributed by atoms with Crippen molar-refractivity contribution in [3.8, 4) is 5.75 Å². The average Bonchev–Trinajstić information content (AvgIpc) is 3.21. The summed E-state index contributed by atoms with van der Waals surface area (Å²) in [6.45, 7) is 5.94. The molecular weight excluding hydrogens is 321 g/mol. The fraction of sp³-hybridized carbons (Fsp3) is 0.474. The van der Waals surface area contributed by atoms with E-state index in [9.17, 15) is 9.18 Å². The molecule has 1 saturated heterocycles. The molecule has 5 nitrogen and oxygen atoms in total. The number of halogens is 1. The van der Waals surface area contributed by atoms with Crippen LogP contribution in [0.3, 0.4) is 0 Å². The van der Waals surface area contributed by atoms with Crippen LogP contribution in [0.25, 0.3) is 0 Å². The van der Waals surface area contributed by atoms with Crippen molar-refractivity contribution in [2.75, 3.05) is 13.1 Å². The monoisotopic (exact) mass is 345 g/mol. The summed E-state index contributed by atoms with van der Waals surface area (Å²) < 4.78 is 18.7. The molecule has 134 valence electrons. The molecular formula is C19H24FN3O2. The summed E-state index contributed by atoms with van der Waals surface area (Å²) >= 11 is 0. The van der Waals surface area contributed by atoms with Crippen molar-refractivity contribution < 1.29 is 13.9 Å². The Morgan fingerprint density at radius 1 is 1.44 bits per heavy atom. The van der Waals surface area contributed by atoms with Gasteiger partial charge >= 0.3 is 0 Å². The standard InChI is InChI=1S/C19H24FN3O2/c1-13(2)8-19(24)23-7-6-14(11-23)18-10-16(21-22-18)12-25-17-5-3-4-15(20)9-17/h3-5,9-10,13-14H,6-8,11-12H2,1-2H3,(H,21,22)/t14-/m0/s1. The van der Waals surface area contributed by atoms with Crippen molar-refractivity contribution in [3.63, 3.8) is 0 Å². The number of ether oxygens (including phenoxy) is 1. The van der Waals surface area contributed by atoms with E-state index in [0.717, 1.165) is 30.9 Å². The lowest BCUT2D eigenvalue weighted by Crippen LogP contribution is -2.29. The number of H-pyrrole nitrogens is 1. The molecule has 6 heteroatoms. The summed E-state index contributed by atoms with van der Waals surface area (Å²) in [4.78, 5) is 14.1. The highest BCUT2D eigenvalue weighted by Crippen LogP contribution is 2.27. The van der Waals surface area contributed by atoms with Crippen molar-refractivity contribution in [2.24, 2.45) is 5.92 Å². The number of hydrogen-bond donors (Lipinski definition) is 1. The first-order valence-corrected chi connectivity index (χ1v) is 8.71. The quantitative estimate of drug-likeness (QED) is 0.872. The van der Waals surface area contributed by atoms with Crippen LogP contribution in [0.4, 0.5) is 4.39 Å². The zero-order valence-corrected chi connectivity index (χ0v) is 14.7. The summed E-state index contributed by atoms with van der Waals surface area (Å²) in [5.74, 6) is 1.03. The van der Waals surface area contributed by atoms with Crippen molar-refractivity contribution >= 4 is 5.91 Å². The molecule has 0 radical (unpaired) electrons. The van der Waals surface area contributed by atoms with Gasteiger partial charge in [0.25, 0.3) is 0 Å². The average molecular weight is 345 g/mol. The minimum absolute atomic E-state index is 0.225. The maximum absolute atomic E-state index is 13.2. The van der Waals surface area contributed by atoms with Gasteiger partial charge in [-0.05, 0) is 30.5 Å². The van der Waals surface area contributed by atoms with Crippen LogP contribution in [0, 0.1) is 11.7 Å². The second-order valence-corrected chi connectivity index (χ2v) is 6.99. The van der Waals surface area contributed by atoms with Crippen molar-refractivity contribution in [2.45, 2.75) is 39.2 Å². The highest BCUT2D eigenvalue weighted by Gasteiger charge is 2.29. The largest absolute Gasteiger partial charge is 0.487 e. The molecule has 0 unspecified atom stereocenters. The lowest BCUT2D eigenvalue weighted by Gasteiger charge is -2.17. The number of carbonyl (C=O) groups is 1. The summed E-state index contributed by atoms with van der Waals surface area (Å²) in [6, 6.07) is 8.04. The predicted octanol–water partition coefficient (Wildman–Crippen LogP) is 3.49. The normalized spacial score (nSPS) is 17.3. The summed E-state index contributed by atoms with van der Waals surface area (Å²) in [5.41, 5.74) is 1.80. The first kappa shape index (κ1) is 17.5.